The quantitative estimate of drug-likeness (QED) is 0.0261. The number of carbonyl (C=O) groups is 3. The third-order valence-electron chi connectivity index (χ3n) is 13.4. The van der Waals surface area contributed by atoms with Crippen LogP contribution in [0.4, 0.5) is 0 Å². The Morgan fingerprint density at radius 3 is 0.890 bits per heavy atom. The minimum atomic E-state index is -0.810. The molecule has 0 heterocycles. The molecule has 0 amide bonds. The second-order valence-electron chi connectivity index (χ2n) is 20.6. The number of carbonyl (C=O) groups excluding carboxylic acids is 3. The van der Waals surface area contributed by atoms with E-state index in [0.29, 0.717) is 19.3 Å². The maximum atomic E-state index is 12.8. The molecule has 0 saturated carbocycles. The Labute approximate surface area is 452 Å². The van der Waals surface area contributed by atoms with Crippen LogP contribution in [0.1, 0.15) is 303 Å². The van der Waals surface area contributed by atoms with E-state index in [-0.39, 0.29) is 37.5 Å². The van der Waals surface area contributed by atoms with Gasteiger partial charge in [-0.3, -0.25) is 14.4 Å². The molecule has 0 aliphatic heterocycles. The smallest absolute Gasteiger partial charge is 0.306 e. The second kappa shape index (κ2) is 61.1. The van der Waals surface area contributed by atoms with Crippen molar-refractivity contribution in [1.29, 1.82) is 0 Å². The minimum Gasteiger partial charge on any atom is -0.462 e. The van der Waals surface area contributed by atoms with Gasteiger partial charge in [-0.05, 0) is 83.5 Å². The van der Waals surface area contributed by atoms with E-state index in [2.05, 4.69) is 93.7 Å². The van der Waals surface area contributed by atoms with Gasteiger partial charge in [0, 0.05) is 19.3 Å². The summed E-state index contributed by atoms with van der Waals surface area (Å²) in [5.41, 5.74) is 0. The van der Waals surface area contributed by atoms with Crippen LogP contribution in [-0.2, 0) is 28.6 Å². The van der Waals surface area contributed by atoms with E-state index in [1.54, 1.807) is 0 Å². The summed E-state index contributed by atoms with van der Waals surface area (Å²) in [5, 5.41) is 0. The van der Waals surface area contributed by atoms with Crippen LogP contribution in [0.2, 0.25) is 0 Å². The first kappa shape index (κ1) is 69.6. The van der Waals surface area contributed by atoms with Crippen molar-refractivity contribution in [1.82, 2.24) is 0 Å². The highest BCUT2D eigenvalue weighted by atomic mass is 16.6. The molecule has 0 radical (unpaired) electrons. The van der Waals surface area contributed by atoms with Gasteiger partial charge in [0.1, 0.15) is 13.2 Å². The molecular weight excluding hydrogens is 901 g/mol. The molecule has 0 aromatic heterocycles. The number of allylic oxidation sites excluding steroid dienone is 14. The van der Waals surface area contributed by atoms with Gasteiger partial charge in [0.15, 0.2) is 6.10 Å². The van der Waals surface area contributed by atoms with Crippen molar-refractivity contribution >= 4 is 17.9 Å². The molecule has 0 aliphatic carbocycles. The summed E-state index contributed by atoms with van der Waals surface area (Å²) in [5.74, 6) is -0.979. The largest absolute Gasteiger partial charge is 0.462 e. The molecule has 0 aromatic rings. The van der Waals surface area contributed by atoms with Crippen LogP contribution in [0.5, 0.6) is 0 Å². The van der Waals surface area contributed by atoms with E-state index >= 15 is 0 Å². The Hall–Kier alpha value is -3.41. The molecule has 0 aromatic carbocycles. The summed E-state index contributed by atoms with van der Waals surface area (Å²) < 4.78 is 16.7. The van der Waals surface area contributed by atoms with Gasteiger partial charge in [-0.2, -0.15) is 0 Å². The first-order chi connectivity index (χ1) is 36.0. The summed E-state index contributed by atoms with van der Waals surface area (Å²) >= 11 is 0. The van der Waals surface area contributed by atoms with Crippen LogP contribution in [0.25, 0.3) is 0 Å². The molecule has 0 fully saturated rings. The average Bonchev–Trinajstić information content (AvgIpc) is 3.39. The number of hydrogen-bond acceptors (Lipinski definition) is 6. The van der Waals surface area contributed by atoms with Crippen molar-refractivity contribution in [2.45, 2.75) is 309 Å². The van der Waals surface area contributed by atoms with Gasteiger partial charge >= 0.3 is 17.9 Å². The predicted octanol–water partition coefficient (Wildman–Crippen LogP) is 21.1. The van der Waals surface area contributed by atoms with Gasteiger partial charge in [-0.15, -0.1) is 0 Å². The summed E-state index contributed by atoms with van der Waals surface area (Å²) in [7, 11) is 0. The number of ether oxygens (including phenoxy) is 3. The topological polar surface area (TPSA) is 78.9 Å². The van der Waals surface area contributed by atoms with Crippen molar-refractivity contribution < 1.29 is 28.6 Å². The fourth-order valence-corrected chi connectivity index (χ4v) is 8.76. The van der Waals surface area contributed by atoms with E-state index < -0.39 is 6.10 Å². The number of rotatable bonds is 56. The summed E-state index contributed by atoms with van der Waals surface area (Å²) in [6.45, 7) is 6.44. The van der Waals surface area contributed by atoms with Crippen molar-refractivity contribution in [2.24, 2.45) is 0 Å². The van der Waals surface area contributed by atoms with Crippen LogP contribution in [0.15, 0.2) is 85.1 Å². The fraction of sp³-hybridized carbons (Fsp3) is 0.746. The van der Waals surface area contributed by atoms with Crippen molar-refractivity contribution in [3.05, 3.63) is 85.1 Å². The maximum absolute atomic E-state index is 12.8. The first-order valence-electron chi connectivity index (χ1n) is 31.1. The molecule has 1 atom stereocenters. The molecule has 0 N–H and O–H groups in total. The lowest BCUT2D eigenvalue weighted by Gasteiger charge is -2.18. The van der Waals surface area contributed by atoms with Crippen LogP contribution in [0, 0.1) is 0 Å². The van der Waals surface area contributed by atoms with Crippen LogP contribution >= 0.6 is 0 Å². The highest BCUT2D eigenvalue weighted by Gasteiger charge is 2.19. The van der Waals surface area contributed by atoms with Gasteiger partial charge < -0.3 is 14.2 Å². The highest BCUT2D eigenvalue weighted by molar-refractivity contribution is 5.71. The van der Waals surface area contributed by atoms with Gasteiger partial charge in [-0.25, -0.2) is 0 Å². The van der Waals surface area contributed by atoms with Crippen molar-refractivity contribution in [2.75, 3.05) is 13.2 Å². The zero-order valence-electron chi connectivity index (χ0n) is 48.1. The molecule has 0 saturated heterocycles. The number of hydrogen-bond donors (Lipinski definition) is 0. The number of esters is 3. The first-order valence-corrected chi connectivity index (χ1v) is 31.1. The highest BCUT2D eigenvalue weighted by Crippen LogP contribution is 2.16. The Kier molecular flexibility index (Phi) is 58.3. The predicted molar refractivity (Wildman–Crippen MR) is 316 cm³/mol. The zero-order valence-corrected chi connectivity index (χ0v) is 48.1. The Balaban J connectivity index is 4.06. The van der Waals surface area contributed by atoms with Gasteiger partial charge in [0.2, 0.25) is 0 Å². The monoisotopic (exact) mass is 1020 g/mol. The van der Waals surface area contributed by atoms with Gasteiger partial charge in [0.05, 0.1) is 0 Å². The summed E-state index contributed by atoms with van der Waals surface area (Å²) in [4.78, 5) is 38.0. The molecule has 420 valence electrons. The van der Waals surface area contributed by atoms with Crippen LogP contribution in [0.3, 0.4) is 0 Å². The summed E-state index contributed by atoms with van der Waals surface area (Å²) in [6.07, 6.45) is 80.7. The van der Waals surface area contributed by atoms with Crippen LogP contribution < -0.4 is 0 Å². The molecule has 1 unspecified atom stereocenters. The van der Waals surface area contributed by atoms with E-state index in [1.807, 2.05) is 12.2 Å². The minimum absolute atomic E-state index is 0.102. The SMILES string of the molecule is CC/C=C\C/C=C\C/C=C\C/C=C\CCC(=O)OC(COC(=O)CCCCCCCCCCC)COC(=O)CCCCCCCCCCCCCCCCCCCC/C=C\C/C=C\C/C=C\CCCCCCC. The Morgan fingerprint density at radius 1 is 0.288 bits per heavy atom. The van der Waals surface area contributed by atoms with E-state index in [1.165, 1.54) is 180 Å². The van der Waals surface area contributed by atoms with Gasteiger partial charge in [-0.1, -0.05) is 286 Å². The molecule has 0 bridgehead atoms. The van der Waals surface area contributed by atoms with E-state index in [0.717, 1.165) is 77.0 Å². The van der Waals surface area contributed by atoms with Gasteiger partial charge in [0.25, 0.3) is 0 Å². The third kappa shape index (κ3) is 59.3. The van der Waals surface area contributed by atoms with E-state index in [4.69, 9.17) is 14.2 Å². The lowest BCUT2D eigenvalue weighted by molar-refractivity contribution is -0.166. The maximum Gasteiger partial charge on any atom is 0.306 e. The average molecular weight is 1020 g/mol. The Morgan fingerprint density at radius 2 is 0.562 bits per heavy atom. The third-order valence-corrected chi connectivity index (χ3v) is 13.4. The molecule has 6 nitrogen and oxygen atoms in total. The summed E-state index contributed by atoms with van der Waals surface area (Å²) in [6, 6.07) is 0. The lowest BCUT2D eigenvalue weighted by atomic mass is 10.0. The molecule has 6 heteroatoms. The lowest BCUT2D eigenvalue weighted by Crippen LogP contribution is -2.30. The second-order valence-corrected chi connectivity index (χ2v) is 20.6. The fourth-order valence-electron chi connectivity index (χ4n) is 8.76. The molecule has 73 heavy (non-hydrogen) atoms. The van der Waals surface area contributed by atoms with Crippen molar-refractivity contribution in [3.8, 4) is 0 Å². The molecule has 0 spiro atoms. The Bertz CT molecular complexity index is 1400. The molecule has 0 rings (SSSR count). The standard InChI is InChI=1S/C67H116O6/c1-4-7-10-13-16-19-21-23-24-25-26-27-28-29-30-31-32-33-34-35-36-37-38-39-40-41-42-44-45-48-51-54-57-60-66(69)72-63-64(62-71-65(68)59-56-53-50-47-18-15-12-9-6-3)73-67(70)61-58-55-52-49-46-43-22-20-17-14-11-8-5-2/h8,11,17,20-21,23,25-26,28-29,43,46,52,55,64H,4-7,9-10,12-16,18-19,22,24,27,30-42,44-45,47-51,53-54,56-63H2,1-3H3/b11-8-,20-17-,23-21-,26-25-,29-28-,46-43-,55-52-. The molecular formula is C67H116O6. The zero-order chi connectivity index (χ0) is 52.9. The number of unbranched alkanes of at least 4 members (excludes halogenated alkanes) is 31. The van der Waals surface area contributed by atoms with E-state index in [9.17, 15) is 14.4 Å². The normalized spacial score (nSPS) is 12.6. The van der Waals surface area contributed by atoms with Crippen LogP contribution in [-0.4, -0.2) is 37.2 Å². The van der Waals surface area contributed by atoms with Crippen molar-refractivity contribution in [3.63, 3.8) is 0 Å². The molecule has 0 aliphatic rings.